The summed E-state index contributed by atoms with van der Waals surface area (Å²) in [4.78, 5) is 63.4. The number of anilines is 1. The third kappa shape index (κ3) is 4.55. The van der Waals surface area contributed by atoms with E-state index in [4.69, 9.17) is 4.74 Å². The number of hydrogen-bond donors (Lipinski definition) is 1. The highest BCUT2D eigenvalue weighted by Gasteiger charge is 2.40. The van der Waals surface area contributed by atoms with Crippen LogP contribution in [0.2, 0.25) is 0 Å². The molecule has 1 fully saturated rings. The summed E-state index contributed by atoms with van der Waals surface area (Å²) in [5.74, 6) is -2.32. The molecule has 3 amide bonds. The average molecular weight is 448 g/mol. The number of hydrogen-bond acceptors (Lipinski definition) is 6. The molecule has 1 N–H and O–H groups in total. The van der Waals surface area contributed by atoms with Gasteiger partial charge in [0.1, 0.15) is 0 Å². The maximum absolute atomic E-state index is 12.9. The Kier molecular flexibility index (Phi) is 6.35. The zero-order valence-electron chi connectivity index (χ0n) is 18.3. The first-order valence-electron chi connectivity index (χ1n) is 11.0. The molecule has 2 aliphatic rings. The van der Waals surface area contributed by atoms with Gasteiger partial charge in [-0.3, -0.25) is 24.1 Å². The number of nitrogens with one attached hydrogen (secondary N) is 1. The van der Waals surface area contributed by atoms with E-state index in [9.17, 15) is 24.0 Å². The van der Waals surface area contributed by atoms with Crippen LogP contribution in [0.1, 0.15) is 80.5 Å². The molecular formula is C25H24N2O6. The highest BCUT2D eigenvalue weighted by molar-refractivity contribution is 6.22. The summed E-state index contributed by atoms with van der Waals surface area (Å²) in [5.41, 5.74) is 1.22. The summed E-state index contributed by atoms with van der Waals surface area (Å²) < 4.78 is 5.08. The molecule has 4 rings (SSSR count). The quantitative estimate of drug-likeness (QED) is 0.411. The van der Waals surface area contributed by atoms with Crippen LogP contribution < -0.4 is 5.32 Å². The lowest BCUT2D eigenvalue weighted by atomic mass is 9.94. The Morgan fingerprint density at radius 3 is 2.39 bits per heavy atom. The van der Waals surface area contributed by atoms with Gasteiger partial charge in [0.25, 0.3) is 17.7 Å². The number of ether oxygens (including phenoxy) is 1. The number of para-hydroxylation sites is 1. The fourth-order valence-electron chi connectivity index (χ4n) is 4.36. The van der Waals surface area contributed by atoms with Crippen molar-refractivity contribution in [1.29, 1.82) is 0 Å². The highest BCUT2D eigenvalue weighted by Crippen LogP contribution is 2.31. The Labute approximate surface area is 190 Å². The first-order valence-corrected chi connectivity index (χ1v) is 11.0. The van der Waals surface area contributed by atoms with E-state index < -0.39 is 24.4 Å². The monoisotopic (exact) mass is 448 g/mol. The van der Waals surface area contributed by atoms with Gasteiger partial charge in [-0.05, 0) is 50.1 Å². The van der Waals surface area contributed by atoms with Crippen molar-refractivity contribution in [3.05, 3.63) is 64.7 Å². The average Bonchev–Trinajstić information content (AvgIpc) is 3.07. The third-order valence-electron chi connectivity index (χ3n) is 6.01. The molecular weight excluding hydrogens is 424 g/mol. The number of fused-ring (bicyclic) bond motifs is 1. The van der Waals surface area contributed by atoms with Crippen molar-refractivity contribution in [2.75, 3.05) is 11.9 Å². The molecule has 0 atom stereocenters. The van der Waals surface area contributed by atoms with Gasteiger partial charge in [0, 0.05) is 11.6 Å². The number of rotatable bonds is 6. The molecule has 8 nitrogen and oxygen atoms in total. The van der Waals surface area contributed by atoms with E-state index in [1.165, 1.54) is 30.0 Å². The van der Waals surface area contributed by atoms with Crippen molar-refractivity contribution < 1.29 is 28.7 Å². The van der Waals surface area contributed by atoms with Crippen molar-refractivity contribution in [2.45, 2.75) is 45.1 Å². The molecule has 170 valence electrons. The number of benzene rings is 2. The first kappa shape index (κ1) is 22.4. The second-order valence-electron chi connectivity index (χ2n) is 8.26. The van der Waals surface area contributed by atoms with Gasteiger partial charge in [0.15, 0.2) is 12.4 Å². The molecule has 0 aromatic heterocycles. The van der Waals surface area contributed by atoms with Crippen molar-refractivity contribution in [2.24, 2.45) is 0 Å². The van der Waals surface area contributed by atoms with Crippen LogP contribution in [0.25, 0.3) is 0 Å². The molecule has 8 heteroatoms. The number of esters is 1. The number of nitrogens with zero attached hydrogens (tertiary/aromatic N) is 1. The van der Waals surface area contributed by atoms with E-state index in [0.717, 1.165) is 32.1 Å². The largest absolute Gasteiger partial charge is 0.452 e. The van der Waals surface area contributed by atoms with Crippen LogP contribution >= 0.6 is 0 Å². The van der Waals surface area contributed by atoms with E-state index >= 15 is 0 Å². The lowest BCUT2D eigenvalue weighted by Gasteiger charge is -2.29. The molecule has 0 radical (unpaired) electrons. The van der Waals surface area contributed by atoms with Gasteiger partial charge in [0.2, 0.25) is 0 Å². The summed E-state index contributed by atoms with van der Waals surface area (Å²) in [5, 5.41) is 2.55. The standard InChI is InChI=1S/C25H24N2O6/c1-15(28)18-9-5-6-10-21(18)26-22(29)14-33-25(32)16-11-12-19-20(13-16)24(31)27(23(19)30)17-7-3-2-4-8-17/h5-6,9-13,17H,2-4,7-8,14H2,1H3,(H,26,29). The number of carbonyl (C=O) groups excluding carboxylic acids is 5. The number of imide groups is 1. The summed E-state index contributed by atoms with van der Waals surface area (Å²) in [7, 11) is 0. The van der Waals surface area contributed by atoms with Crippen LogP contribution in [0.3, 0.4) is 0 Å². The van der Waals surface area contributed by atoms with E-state index in [1.54, 1.807) is 24.3 Å². The number of Topliss-reactive ketones (excluding diaryl/α,β-unsaturated/α-hetero) is 1. The minimum absolute atomic E-state index is 0.0809. The topological polar surface area (TPSA) is 110 Å². The lowest BCUT2D eigenvalue weighted by molar-refractivity contribution is -0.119. The predicted octanol–water partition coefficient (Wildman–Crippen LogP) is 3.61. The highest BCUT2D eigenvalue weighted by atomic mass is 16.5. The number of amides is 3. The zero-order valence-corrected chi connectivity index (χ0v) is 18.3. The van der Waals surface area contributed by atoms with Gasteiger partial charge in [-0.2, -0.15) is 0 Å². The molecule has 0 unspecified atom stereocenters. The minimum Gasteiger partial charge on any atom is -0.452 e. The Morgan fingerprint density at radius 2 is 1.67 bits per heavy atom. The van der Waals surface area contributed by atoms with Crippen molar-refractivity contribution in [3.63, 3.8) is 0 Å². The van der Waals surface area contributed by atoms with Gasteiger partial charge >= 0.3 is 5.97 Å². The van der Waals surface area contributed by atoms with Crippen LogP contribution in [0, 0.1) is 0 Å². The summed E-state index contributed by atoms with van der Waals surface area (Å²) in [6.07, 6.45) is 4.65. The summed E-state index contributed by atoms with van der Waals surface area (Å²) >= 11 is 0. The van der Waals surface area contributed by atoms with E-state index in [-0.39, 0.29) is 34.4 Å². The SMILES string of the molecule is CC(=O)c1ccccc1NC(=O)COC(=O)c1ccc2c(c1)C(=O)N(C1CCCCC1)C2=O. The van der Waals surface area contributed by atoms with Gasteiger partial charge in [-0.1, -0.05) is 31.4 Å². The van der Waals surface area contributed by atoms with Gasteiger partial charge in [-0.15, -0.1) is 0 Å². The molecule has 1 saturated carbocycles. The molecule has 0 spiro atoms. The molecule has 2 aromatic carbocycles. The lowest BCUT2D eigenvalue weighted by Crippen LogP contribution is -2.40. The van der Waals surface area contributed by atoms with E-state index in [1.807, 2.05) is 0 Å². The number of carbonyl (C=O) groups is 5. The fraction of sp³-hybridized carbons (Fsp3) is 0.320. The molecule has 33 heavy (non-hydrogen) atoms. The molecule has 1 aliphatic heterocycles. The molecule has 0 saturated heterocycles. The number of ketones is 1. The first-order chi connectivity index (χ1) is 15.9. The van der Waals surface area contributed by atoms with Crippen LogP contribution in [0.4, 0.5) is 5.69 Å². The van der Waals surface area contributed by atoms with Crippen molar-refractivity contribution >= 4 is 35.2 Å². The van der Waals surface area contributed by atoms with Crippen LogP contribution in [-0.2, 0) is 9.53 Å². The van der Waals surface area contributed by atoms with Crippen LogP contribution in [-0.4, -0.2) is 47.0 Å². The van der Waals surface area contributed by atoms with Crippen LogP contribution in [0.15, 0.2) is 42.5 Å². The molecule has 1 aliphatic carbocycles. The second kappa shape index (κ2) is 9.36. The molecule has 2 aromatic rings. The van der Waals surface area contributed by atoms with E-state index in [2.05, 4.69) is 5.32 Å². The van der Waals surface area contributed by atoms with Crippen molar-refractivity contribution in [1.82, 2.24) is 4.90 Å². The maximum atomic E-state index is 12.9. The van der Waals surface area contributed by atoms with E-state index in [0.29, 0.717) is 11.3 Å². The van der Waals surface area contributed by atoms with Gasteiger partial charge in [0.05, 0.1) is 22.4 Å². The zero-order chi connectivity index (χ0) is 23.5. The van der Waals surface area contributed by atoms with Crippen molar-refractivity contribution in [3.8, 4) is 0 Å². The Morgan fingerprint density at radius 1 is 0.970 bits per heavy atom. The summed E-state index contributed by atoms with van der Waals surface area (Å²) in [6.45, 7) is 0.823. The predicted molar refractivity (Wildman–Crippen MR) is 119 cm³/mol. The van der Waals surface area contributed by atoms with Gasteiger partial charge < -0.3 is 10.1 Å². The Hall–Kier alpha value is -3.81. The van der Waals surface area contributed by atoms with Crippen LogP contribution in [0.5, 0.6) is 0 Å². The Bertz CT molecular complexity index is 1150. The third-order valence-corrected chi connectivity index (χ3v) is 6.01. The smallest absolute Gasteiger partial charge is 0.338 e. The second-order valence-corrected chi connectivity index (χ2v) is 8.26. The molecule has 0 bridgehead atoms. The minimum atomic E-state index is -0.788. The maximum Gasteiger partial charge on any atom is 0.338 e. The fourth-order valence-corrected chi connectivity index (χ4v) is 4.36. The molecule has 1 heterocycles. The Balaban J connectivity index is 1.41. The summed E-state index contributed by atoms with van der Waals surface area (Å²) in [6, 6.07) is 10.6. The van der Waals surface area contributed by atoms with Gasteiger partial charge in [-0.25, -0.2) is 4.79 Å². The normalized spacial score (nSPS) is 15.8.